The fraction of sp³-hybridized carbons (Fsp3) is 0.682. The first-order valence-electron chi connectivity index (χ1n) is 10.3. The Morgan fingerprint density at radius 2 is 1.89 bits per heavy atom. The van der Waals surface area contributed by atoms with E-state index in [1.54, 1.807) is 6.07 Å². The van der Waals surface area contributed by atoms with Crippen LogP contribution in [0.15, 0.2) is 18.2 Å². The van der Waals surface area contributed by atoms with Gasteiger partial charge in [-0.1, -0.05) is 32.9 Å². The lowest BCUT2D eigenvalue weighted by Gasteiger charge is -2.61. The van der Waals surface area contributed by atoms with Gasteiger partial charge in [0, 0.05) is 37.7 Å². The van der Waals surface area contributed by atoms with E-state index in [2.05, 4.69) is 31.7 Å². The summed E-state index contributed by atoms with van der Waals surface area (Å²) in [4.78, 5) is 17.4. The largest absolute Gasteiger partial charge is 0.508 e. The van der Waals surface area contributed by atoms with Gasteiger partial charge >= 0.3 is 6.03 Å². The van der Waals surface area contributed by atoms with Crippen LogP contribution in [0.1, 0.15) is 51.2 Å². The standard InChI is InChI=1S/C22H32N2O3/c1-21(2)19-13-16-17(5-4-6-18(16)26)22(21,3)9-12-24(19)20(27)23-10-7-15(14-25)8-11-23/h4-6,15,19,25-26H,7-14H2,1-3H3/t19-,22+/m1/s1. The predicted octanol–water partition coefficient (Wildman–Crippen LogP) is 3.13. The maximum absolute atomic E-state index is 13.4. The van der Waals surface area contributed by atoms with Crippen LogP contribution in [-0.4, -0.2) is 58.3 Å². The molecular weight excluding hydrogens is 340 g/mol. The van der Waals surface area contributed by atoms with E-state index in [1.165, 1.54) is 5.56 Å². The molecule has 0 saturated carbocycles. The van der Waals surface area contributed by atoms with Crippen LogP contribution < -0.4 is 0 Å². The molecule has 27 heavy (non-hydrogen) atoms. The van der Waals surface area contributed by atoms with Gasteiger partial charge < -0.3 is 20.0 Å². The lowest BCUT2D eigenvalue weighted by Crippen LogP contribution is -2.66. The zero-order valence-corrected chi connectivity index (χ0v) is 16.7. The molecule has 2 atom stereocenters. The first-order valence-corrected chi connectivity index (χ1v) is 10.3. The van der Waals surface area contributed by atoms with E-state index in [0.29, 0.717) is 18.1 Å². The molecule has 2 bridgehead atoms. The number of fused-ring (bicyclic) bond motifs is 4. The Bertz CT molecular complexity index is 739. The SMILES string of the molecule is CC1(C)[C@H]2Cc3c(O)cccc3[C@]1(C)CCN2C(=O)N1CCC(CO)CC1. The molecule has 2 saturated heterocycles. The highest BCUT2D eigenvalue weighted by molar-refractivity contribution is 5.76. The minimum atomic E-state index is -0.0644. The minimum absolute atomic E-state index is 0.0509. The summed E-state index contributed by atoms with van der Waals surface area (Å²) in [5.41, 5.74) is 2.15. The van der Waals surface area contributed by atoms with Crippen LogP contribution >= 0.6 is 0 Å². The number of urea groups is 1. The highest BCUT2D eigenvalue weighted by Crippen LogP contribution is 2.57. The third-order valence-corrected chi connectivity index (χ3v) is 8.02. The smallest absolute Gasteiger partial charge is 0.320 e. The van der Waals surface area contributed by atoms with Crippen molar-refractivity contribution in [3.63, 3.8) is 0 Å². The molecular formula is C22H32N2O3. The average Bonchev–Trinajstić information content (AvgIpc) is 2.65. The molecule has 2 amide bonds. The van der Waals surface area contributed by atoms with Gasteiger partial charge in [-0.15, -0.1) is 0 Å². The Kier molecular flexibility index (Phi) is 4.41. The summed E-state index contributed by atoms with van der Waals surface area (Å²) in [6.07, 6.45) is 3.38. The molecule has 0 spiro atoms. The molecule has 1 aromatic rings. The van der Waals surface area contributed by atoms with Crippen LogP contribution in [-0.2, 0) is 11.8 Å². The van der Waals surface area contributed by atoms with E-state index in [4.69, 9.17) is 0 Å². The fourth-order valence-electron chi connectivity index (χ4n) is 5.64. The minimum Gasteiger partial charge on any atom is -0.508 e. The third kappa shape index (κ3) is 2.65. The van der Waals surface area contributed by atoms with Crippen LogP contribution in [0.4, 0.5) is 4.79 Å². The van der Waals surface area contributed by atoms with Crippen LogP contribution in [0.2, 0.25) is 0 Å². The predicted molar refractivity (Wildman–Crippen MR) is 105 cm³/mol. The molecule has 4 rings (SSSR count). The maximum Gasteiger partial charge on any atom is 0.320 e. The van der Waals surface area contributed by atoms with Gasteiger partial charge in [0.25, 0.3) is 0 Å². The van der Waals surface area contributed by atoms with Crippen molar-refractivity contribution in [1.29, 1.82) is 0 Å². The molecule has 5 heteroatoms. The molecule has 3 aliphatic rings. The number of aliphatic hydroxyl groups excluding tert-OH is 1. The molecule has 1 aromatic carbocycles. The Balaban J connectivity index is 1.64. The summed E-state index contributed by atoms with van der Waals surface area (Å²) in [5, 5.41) is 19.8. The topological polar surface area (TPSA) is 64.0 Å². The number of aromatic hydroxyl groups is 1. The monoisotopic (exact) mass is 372 g/mol. The van der Waals surface area contributed by atoms with Gasteiger partial charge in [-0.25, -0.2) is 4.79 Å². The second-order valence-corrected chi connectivity index (χ2v) is 9.42. The normalized spacial score (nSPS) is 30.1. The van der Waals surface area contributed by atoms with Gasteiger partial charge in [0.05, 0.1) is 0 Å². The Morgan fingerprint density at radius 1 is 1.19 bits per heavy atom. The van der Waals surface area contributed by atoms with Crippen molar-refractivity contribution in [3.8, 4) is 5.75 Å². The van der Waals surface area contributed by atoms with Crippen LogP contribution in [0.3, 0.4) is 0 Å². The zero-order valence-electron chi connectivity index (χ0n) is 16.7. The number of nitrogens with zero attached hydrogens (tertiary/aromatic N) is 2. The van der Waals surface area contributed by atoms with E-state index in [0.717, 1.165) is 44.5 Å². The molecule has 5 nitrogen and oxygen atoms in total. The van der Waals surface area contributed by atoms with Crippen molar-refractivity contribution in [1.82, 2.24) is 9.80 Å². The van der Waals surface area contributed by atoms with Gasteiger partial charge in [0.2, 0.25) is 0 Å². The number of amides is 2. The van der Waals surface area contributed by atoms with Gasteiger partial charge in [-0.3, -0.25) is 0 Å². The summed E-state index contributed by atoms with van der Waals surface area (Å²) in [6, 6.07) is 6.08. The number of carbonyl (C=O) groups is 1. The van der Waals surface area contributed by atoms with Crippen molar-refractivity contribution < 1.29 is 15.0 Å². The van der Waals surface area contributed by atoms with E-state index in [9.17, 15) is 15.0 Å². The lowest BCUT2D eigenvalue weighted by atomic mass is 9.51. The van der Waals surface area contributed by atoms with E-state index in [1.807, 2.05) is 11.0 Å². The van der Waals surface area contributed by atoms with Crippen LogP contribution in [0.25, 0.3) is 0 Å². The van der Waals surface area contributed by atoms with Gasteiger partial charge in [0.15, 0.2) is 0 Å². The van der Waals surface area contributed by atoms with Crippen molar-refractivity contribution >= 4 is 6.03 Å². The summed E-state index contributed by atoms with van der Waals surface area (Å²) < 4.78 is 0. The number of piperidine rings is 2. The number of rotatable bonds is 1. The molecule has 2 fully saturated rings. The van der Waals surface area contributed by atoms with Crippen molar-refractivity contribution in [2.75, 3.05) is 26.2 Å². The molecule has 2 heterocycles. The zero-order chi connectivity index (χ0) is 19.4. The third-order valence-electron chi connectivity index (χ3n) is 8.02. The number of phenols is 1. The summed E-state index contributed by atoms with van der Waals surface area (Å²) >= 11 is 0. The van der Waals surface area contributed by atoms with Crippen molar-refractivity contribution in [2.24, 2.45) is 11.3 Å². The van der Waals surface area contributed by atoms with E-state index >= 15 is 0 Å². The van der Waals surface area contributed by atoms with E-state index in [-0.39, 0.29) is 29.5 Å². The number of phenolic OH excluding ortho intramolecular Hbond substituents is 1. The number of likely N-dealkylation sites (tertiary alicyclic amines) is 2. The van der Waals surface area contributed by atoms with Gasteiger partial charge in [0.1, 0.15) is 5.75 Å². The highest BCUT2D eigenvalue weighted by atomic mass is 16.3. The van der Waals surface area contributed by atoms with Crippen molar-refractivity contribution in [2.45, 2.75) is 57.9 Å². The van der Waals surface area contributed by atoms with Crippen LogP contribution in [0, 0.1) is 11.3 Å². The number of benzene rings is 1. The Hall–Kier alpha value is -1.75. The molecule has 0 unspecified atom stereocenters. The number of hydrogen-bond donors (Lipinski definition) is 2. The quantitative estimate of drug-likeness (QED) is 0.796. The Labute approximate surface area is 162 Å². The number of hydrogen-bond acceptors (Lipinski definition) is 3. The lowest BCUT2D eigenvalue weighted by molar-refractivity contribution is -0.0259. The molecule has 148 valence electrons. The fourth-order valence-corrected chi connectivity index (χ4v) is 5.64. The average molecular weight is 373 g/mol. The Morgan fingerprint density at radius 3 is 2.56 bits per heavy atom. The van der Waals surface area contributed by atoms with Crippen molar-refractivity contribution in [3.05, 3.63) is 29.3 Å². The second-order valence-electron chi connectivity index (χ2n) is 9.42. The molecule has 2 aliphatic heterocycles. The summed E-state index contributed by atoms with van der Waals surface area (Å²) in [7, 11) is 0. The summed E-state index contributed by atoms with van der Waals surface area (Å²) in [6.45, 7) is 9.30. The van der Waals surface area contributed by atoms with Crippen LogP contribution in [0.5, 0.6) is 5.75 Å². The number of carbonyl (C=O) groups excluding carboxylic acids is 1. The highest BCUT2D eigenvalue weighted by Gasteiger charge is 2.57. The van der Waals surface area contributed by atoms with Gasteiger partial charge in [-0.2, -0.15) is 0 Å². The molecule has 0 radical (unpaired) electrons. The first kappa shape index (κ1) is 18.6. The first-order chi connectivity index (χ1) is 12.8. The summed E-state index contributed by atoms with van der Waals surface area (Å²) in [5.74, 6) is 0.686. The van der Waals surface area contributed by atoms with Gasteiger partial charge in [-0.05, 0) is 54.2 Å². The number of aliphatic hydroxyl groups is 1. The molecule has 2 N–H and O–H groups in total. The van der Waals surface area contributed by atoms with E-state index < -0.39 is 0 Å². The second kappa shape index (κ2) is 6.40. The molecule has 1 aliphatic carbocycles. The molecule has 0 aromatic heterocycles. The maximum atomic E-state index is 13.4.